The molecule has 4 rings (SSSR count). The van der Waals surface area contributed by atoms with Gasteiger partial charge >= 0.3 is 0 Å². The SMILES string of the molecule is O=C(c1cnccn1)N1CC(c2[nH]nc3ncccc23)C1. The Labute approximate surface area is 120 Å². The van der Waals surface area contributed by atoms with Crippen LogP contribution in [0.5, 0.6) is 0 Å². The minimum absolute atomic E-state index is 0.0821. The molecule has 0 unspecified atom stereocenters. The molecule has 0 saturated carbocycles. The molecule has 4 heterocycles. The van der Waals surface area contributed by atoms with Gasteiger partial charge in [-0.2, -0.15) is 5.10 Å². The van der Waals surface area contributed by atoms with Gasteiger partial charge in [0.2, 0.25) is 0 Å². The fourth-order valence-electron chi connectivity index (χ4n) is 2.58. The molecule has 104 valence electrons. The maximum atomic E-state index is 12.2. The van der Waals surface area contributed by atoms with Gasteiger partial charge in [-0.05, 0) is 12.1 Å². The normalized spacial score (nSPS) is 15.1. The number of nitrogens with one attached hydrogen (secondary N) is 1. The van der Waals surface area contributed by atoms with Crippen molar-refractivity contribution in [1.29, 1.82) is 0 Å². The molecule has 3 aromatic heterocycles. The van der Waals surface area contributed by atoms with E-state index in [-0.39, 0.29) is 11.8 Å². The van der Waals surface area contributed by atoms with E-state index >= 15 is 0 Å². The Bertz CT molecular complexity index is 793. The summed E-state index contributed by atoms with van der Waals surface area (Å²) in [6.45, 7) is 1.31. The van der Waals surface area contributed by atoms with Gasteiger partial charge in [-0.1, -0.05) is 0 Å². The van der Waals surface area contributed by atoms with Crippen molar-refractivity contribution in [3.05, 3.63) is 48.3 Å². The van der Waals surface area contributed by atoms with Crippen molar-refractivity contribution in [1.82, 2.24) is 30.0 Å². The number of fused-ring (bicyclic) bond motifs is 1. The summed E-state index contributed by atoms with van der Waals surface area (Å²) in [6.07, 6.45) is 6.29. The van der Waals surface area contributed by atoms with E-state index in [0.717, 1.165) is 11.1 Å². The number of nitrogens with zero attached hydrogens (tertiary/aromatic N) is 5. The van der Waals surface area contributed by atoms with E-state index in [1.54, 1.807) is 17.3 Å². The number of aromatic amines is 1. The molecule has 1 aliphatic rings. The Kier molecular flexibility index (Phi) is 2.63. The fraction of sp³-hybridized carbons (Fsp3) is 0.214. The molecule has 1 saturated heterocycles. The highest BCUT2D eigenvalue weighted by Crippen LogP contribution is 2.30. The average Bonchev–Trinajstić information content (AvgIpc) is 2.91. The molecule has 21 heavy (non-hydrogen) atoms. The van der Waals surface area contributed by atoms with Crippen molar-refractivity contribution in [3.8, 4) is 0 Å². The third-order valence-corrected chi connectivity index (χ3v) is 3.72. The van der Waals surface area contributed by atoms with Gasteiger partial charge in [-0.25, -0.2) is 9.97 Å². The summed E-state index contributed by atoms with van der Waals surface area (Å²) in [7, 11) is 0. The number of H-pyrrole nitrogens is 1. The Balaban J connectivity index is 1.51. The number of rotatable bonds is 2. The van der Waals surface area contributed by atoms with Gasteiger partial charge in [0.1, 0.15) is 5.69 Å². The number of hydrogen-bond acceptors (Lipinski definition) is 5. The van der Waals surface area contributed by atoms with Crippen molar-refractivity contribution in [2.24, 2.45) is 0 Å². The summed E-state index contributed by atoms with van der Waals surface area (Å²) in [4.78, 5) is 26.1. The van der Waals surface area contributed by atoms with Gasteiger partial charge < -0.3 is 4.90 Å². The van der Waals surface area contributed by atoms with Gasteiger partial charge in [0.15, 0.2) is 5.65 Å². The summed E-state index contributed by atoms with van der Waals surface area (Å²) < 4.78 is 0. The number of aromatic nitrogens is 5. The Morgan fingerprint density at radius 2 is 2.14 bits per heavy atom. The zero-order chi connectivity index (χ0) is 14.2. The maximum absolute atomic E-state index is 12.2. The molecule has 0 atom stereocenters. The molecule has 0 spiro atoms. The Morgan fingerprint density at radius 3 is 2.95 bits per heavy atom. The monoisotopic (exact) mass is 280 g/mol. The lowest BCUT2D eigenvalue weighted by molar-refractivity contribution is 0.0593. The first-order chi connectivity index (χ1) is 10.3. The van der Waals surface area contributed by atoms with Gasteiger partial charge in [-0.3, -0.25) is 14.9 Å². The second kappa shape index (κ2) is 4.62. The molecule has 0 bridgehead atoms. The molecule has 1 amide bonds. The lowest BCUT2D eigenvalue weighted by atomic mass is 9.94. The lowest BCUT2D eigenvalue weighted by Gasteiger charge is -2.38. The number of pyridine rings is 1. The van der Waals surface area contributed by atoms with E-state index in [1.165, 1.54) is 12.4 Å². The van der Waals surface area contributed by atoms with Crippen LogP contribution in [0.4, 0.5) is 0 Å². The predicted octanol–water partition coefficient (Wildman–Crippen LogP) is 0.987. The molecule has 1 N–H and O–H groups in total. The summed E-state index contributed by atoms with van der Waals surface area (Å²) in [5.74, 6) is 0.182. The number of carbonyl (C=O) groups is 1. The van der Waals surface area contributed by atoms with E-state index in [1.807, 2.05) is 12.1 Å². The van der Waals surface area contributed by atoms with Crippen LogP contribution in [0.2, 0.25) is 0 Å². The zero-order valence-corrected chi connectivity index (χ0v) is 11.1. The second-order valence-electron chi connectivity index (χ2n) is 5.01. The van der Waals surface area contributed by atoms with E-state index in [4.69, 9.17) is 0 Å². The molecule has 7 heteroatoms. The Morgan fingerprint density at radius 1 is 1.24 bits per heavy atom. The Hall–Kier alpha value is -2.83. The van der Waals surface area contributed by atoms with E-state index in [0.29, 0.717) is 24.4 Å². The highest BCUT2D eigenvalue weighted by atomic mass is 16.2. The number of carbonyl (C=O) groups excluding carboxylic acids is 1. The van der Waals surface area contributed by atoms with E-state index in [9.17, 15) is 4.79 Å². The van der Waals surface area contributed by atoms with Gasteiger partial charge in [-0.15, -0.1) is 0 Å². The highest BCUT2D eigenvalue weighted by Gasteiger charge is 2.34. The molecule has 3 aromatic rings. The van der Waals surface area contributed by atoms with Crippen molar-refractivity contribution in [2.45, 2.75) is 5.92 Å². The number of hydrogen-bond donors (Lipinski definition) is 1. The molecular weight excluding hydrogens is 268 g/mol. The second-order valence-corrected chi connectivity index (χ2v) is 5.01. The first-order valence-electron chi connectivity index (χ1n) is 6.67. The van der Waals surface area contributed by atoms with Crippen LogP contribution in [-0.2, 0) is 0 Å². The van der Waals surface area contributed by atoms with Crippen LogP contribution >= 0.6 is 0 Å². The van der Waals surface area contributed by atoms with Crippen LogP contribution in [0.3, 0.4) is 0 Å². The van der Waals surface area contributed by atoms with Crippen LogP contribution in [0.15, 0.2) is 36.9 Å². The first kappa shape index (κ1) is 12.0. The molecule has 0 aliphatic carbocycles. The summed E-state index contributed by atoms with van der Waals surface area (Å²) in [5.41, 5.74) is 2.14. The van der Waals surface area contributed by atoms with Crippen LogP contribution < -0.4 is 0 Å². The molecule has 0 radical (unpaired) electrons. The third-order valence-electron chi connectivity index (χ3n) is 3.72. The van der Waals surface area contributed by atoms with Crippen LogP contribution in [0, 0.1) is 0 Å². The van der Waals surface area contributed by atoms with Crippen LogP contribution in [0.1, 0.15) is 22.1 Å². The molecule has 1 fully saturated rings. The predicted molar refractivity (Wildman–Crippen MR) is 74.6 cm³/mol. The van der Waals surface area contributed by atoms with E-state index < -0.39 is 0 Å². The minimum Gasteiger partial charge on any atom is -0.336 e. The number of likely N-dealkylation sites (tertiary alicyclic amines) is 1. The van der Waals surface area contributed by atoms with Crippen molar-refractivity contribution in [2.75, 3.05) is 13.1 Å². The molecule has 7 nitrogen and oxygen atoms in total. The molecule has 0 aromatic carbocycles. The topological polar surface area (TPSA) is 87.7 Å². The van der Waals surface area contributed by atoms with Gasteiger partial charge in [0, 0.05) is 43.0 Å². The molecule has 1 aliphatic heterocycles. The standard InChI is InChI=1S/C14H12N6O/c21-14(11-6-15-4-5-16-11)20-7-9(8-20)12-10-2-1-3-17-13(10)19-18-12/h1-6,9H,7-8H2,(H,17,18,19). The maximum Gasteiger partial charge on any atom is 0.274 e. The fourth-order valence-corrected chi connectivity index (χ4v) is 2.58. The van der Waals surface area contributed by atoms with Crippen LogP contribution in [0.25, 0.3) is 11.0 Å². The van der Waals surface area contributed by atoms with Crippen molar-refractivity contribution < 1.29 is 4.79 Å². The van der Waals surface area contributed by atoms with Crippen molar-refractivity contribution in [3.63, 3.8) is 0 Å². The average molecular weight is 280 g/mol. The zero-order valence-electron chi connectivity index (χ0n) is 11.1. The minimum atomic E-state index is -0.0821. The number of amides is 1. The quantitative estimate of drug-likeness (QED) is 0.756. The smallest absolute Gasteiger partial charge is 0.274 e. The van der Waals surface area contributed by atoms with E-state index in [2.05, 4.69) is 25.1 Å². The van der Waals surface area contributed by atoms with Gasteiger partial charge in [0.05, 0.1) is 11.9 Å². The summed E-state index contributed by atoms with van der Waals surface area (Å²) in [5, 5.41) is 8.25. The van der Waals surface area contributed by atoms with Crippen molar-refractivity contribution >= 4 is 16.9 Å². The van der Waals surface area contributed by atoms with Crippen LogP contribution in [-0.4, -0.2) is 49.0 Å². The largest absolute Gasteiger partial charge is 0.336 e. The van der Waals surface area contributed by atoms with Gasteiger partial charge in [0.25, 0.3) is 5.91 Å². The summed E-state index contributed by atoms with van der Waals surface area (Å²) >= 11 is 0. The summed E-state index contributed by atoms with van der Waals surface area (Å²) in [6, 6.07) is 3.89. The molecular formula is C14H12N6O. The third kappa shape index (κ3) is 1.94. The lowest BCUT2D eigenvalue weighted by Crippen LogP contribution is -2.48. The highest BCUT2D eigenvalue weighted by molar-refractivity contribution is 5.92. The first-order valence-corrected chi connectivity index (χ1v) is 6.67.